The smallest absolute Gasteiger partial charge is 0.259 e. The molecule has 24 heavy (non-hydrogen) atoms. The van der Waals surface area contributed by atoms with Crippen LogP contribution in [-0.2, 0) is 0 Å². The summed E-state index contributed by atoms with van der Waals surface area (Å²) in [6.07, 6.45) is 1.67. The quantitative estimate of drug-likeness (QED) is 0.733. The highest BCUT2D eigenvalue weighted by atomic mass is 16.1. The van der Waals surface area contributed by atoms with Crippen molar-refractivity contribution in [2.45, 2.75) is 13.8 Å². The maximum atomic E-state index is 12.6. The van der Waals surface area contributed by atoms with Gasteiger partial charge in [0.1, 0.15) is 5.82 Å². The molecule has 0 aliphatic rings. The molecule has 2 N–H and O–H groups in total. The third-order valence-corrected chi connectivity index (χ3v) is 3.76. The van der Waals surface area contributed by atoms with Crippen molar-refractivity contribution in [3.05, 3.63) is 83.6 Å². The number of nitrogens with one attached hydrogen (secondary N) is 2. The Morgan fingerprint density at radius 3 is 2.42 bits per heavy atom. The third kappa shape index (κ3) is 3.60. The number of pyridine rings is 1. The summed E-state index contributed by atoms with van der Waals surface area (Å²) in [7, 11) is 0. The van der Waals surface area contributed by atoms with Gasteiger partial charge in [-0.1, -0.05) is 35.9 Å². The fourth-order valence-corrected chi connectivity index (χ4v) is 2.36. The highest BCUT2D eigenvalue weighted by Gasteiger charge is 2.13. The van der Waals surface area contributed by atoms with Crippen molar-refractivity contribution in [1.82, 2.24) is 4.98 Å². The van der Waals surface area contributed by atoms with Crippen LogP contribution in [0.25, 0.3) is 0 Å². The normalized spacial score (nSPS) is 10.2. The Labute approximate surface area is 141 Å². The molecule has 0 radical (unpaired) electrons. The van der Waals surface area contributed by atoms with E-state index < -0.39 is 0 Å². The molecule has 1 amide bonds. The molecule has 0 atom stereocenters. The molecule has 0 saturated carbocycles. The summed E-state index contributed by atoms with van der Waals surface area (Å²) in [6.45, 7) is 4.00. The van der Waals surface area contributed by atoms with E-state index in [2.05, 4.69) is 15.6 Å². The molecule has 1 aromatic heterocycles. The van der Waals surface area contributed by atoms with E-state index in [0.29, 0.717) is 11.4 Å². The van der Waals surface area contributed by atoms with Crippen LogP contribution in [0, 0.1) is 13.8 Å². The Morgan fingerprint density at radius 1 is 0.917 bits per heavy atom. The number of hydrogen-bond acceptors (Lipinski definition) is 3. The summed E-state index contributed by atoms with van der Waals surface area (Å²) in [6, 6.07) is 19.2. The van der Waals surface area contributed by atoms with Crippen LogP contribution in [0.4, 0.5) is 17.2 Å². The number of anilines is 3. The minimum atomic E-state index is -0.188. The number of benzene rings is 2. The van der Waals surface area contributed by atoms with Gasteiger partial charge < -0.3 is 10.6 Å². The minimum Gasteiger partial charge on any atom is -0.340 e. The standard InChI is InChI=1S/C20H19N3O/c1-14-9-11-16(12-10-14)22-19-17(7-5-13-21-19)20(24)23-18-8-4-3-6-15(18)2/h3-13H,1-2H3,(H,21,22)(H,23,24). The summed E-state index contributed by atoms with van der Waals surface area (Å²) in [5.41, 5.74) is 4.39. The molecule has 0 unspecified atom stereocenters. The summed E-state index contributed by atoms with van der Waals surface area (Å²) < 4.78 is 0. The topological polar surface area (TPSA) is 54.0 Å². The van der Waals surface area contributed by atoms with Crippen molar-refractivity contribution < 1.29 is 4.79 Å². The molecule has 1 heterocycles. The number of amides is 1. The van der Waals surface area contributed by atoms with Crippen molar-refractivity contribution in [2.75, 3.05) is 10.6 Å². The van der Waals surface area contributed by atoms with E-state index in [9.17, 15) is 4.79 Å². The SMILES string of the molecule is Cc1ccc(Nc2ncccc2C(=O)Nc2ccccc2C)cc1. The Balaban J connectivity index is 1.84. The number of aryl methyl sites for hydroxylation is 2. The van der Waals surface area contributed by atoms with Crippen LogP contribution in [-0.4, -0.2) is 10.9 Å². The van der Waals surface area contributed by atoms with Crippen molar-refractivity contribution in [3.63, 3.8) is 0 Å². The molecule has 0 aliphatic carbocycles. The Morgan fingerprint density at radius 2 is 1.67 bits per heavy atom. The molecule has 4 heteroatoms. The van der Waals surface area contributed by atoms with Gasteiger partial charge in [-0.05, 0) is 49.7 Å². The van der Waals surface area contributed by atoms with E-state index >= 15 is 0 Å². The van der Waals surface area contributed by atoms with Gasteiger partial charge in [0.25, 0.3) is 5.91 Å². The second-order valence-electron chi connectivity index (χ2n) is 5.66. The molecule has 0 saturated heterocycles. The fraction of sp³-hybridized carbons (Fsp3) is 0.100. The predicted molar refractivity (Wildman–Crippen MR) is 97.8 cm³/mol. The van der Waals surface area contributed by atoms with Gasteiger partial charge in [-0.3, -0.25) is 4.79 Å². The number of carbonyl (C=O) groups is 1. The molecule has 2 aromatic carbocycles. The van der Waals surface area contributed by atoms with Crippen LogP contribution in [0.1, 0.15) is 21.5 Å². The molecule has 0 aliphatic heterocycles. The maximum Gasteiger partial charge on any atom is 0.259 e. The molecule has 3 rings (SSSR count). The second kappa shape index (κ2) is 6.96. The van der Waals surface area contributed by atoms with Crippen LogP contribution >= 0.6 is 0 Å². The summed E-state index contributed by atoms with van der Waals surface area (Å²) in [5, 5.41) is 6.15. The van der Waals surface area contributed by atoms with Crippen LogP contribution in [0.2, 0.25) is 0 Å². The summed E-state index contributed by atoms with van der Waals surface area (Å²) in [5.74, 6) is 0.347. The lowest BCUT2D eigenvalue weighted by molar-refractivity contribution is 0.102. The monoisotopic (exact) mass is 317 g/mol. The number of rotatable bonds is 4. The van der Waals surface area contributed by atoms with Gasteiger partial charge in [0.2, 0.25) is 0 Å². The van der Waals surface area contributed by atoms with Gasteiger partial charge in [-0.25, -0.2) is 4.98 Å². The van der Waals surface area contributed by atoms with E-state index in [1.807, 2.05) is 62.4 Å². The van der Waals surface area contributed by atoms with Gasteiger partial charge in [-0.15, -0.1) is 0 Å². The van der Waals surface area contributed by atoms with E-state index in [-0.39, 0.29) is 5.91 Å². The highest BCUT2D eigenvalue weighted by Crippen LogP contribution is 2.21. The molecule has 0 fully saturated rings. The largest absolute Gasteiger partial charge is 0.340 e. The van der Waals surface area contributed by atoms with E-state index in [0.717, 1.165) is 16.9 Å². The van der Waals surface area contributed by atoms with Gasteiger partial charge in [0.15, 0.2) is 0 Å². The van der Waals surface area contributed by atoms with Crippen LogP contribution < -0.4 is 10.6 Å². The second-order valence-corrected chi connectivity index (χ2v) is 5.66. The molecule has 0 spiro atoms. The molecule has 0 bridgehead atoms. The molecular formula is C20H19N3O. The number of carbonyl (C=O) groups excluding carboxylic acids is 1. The molecular weight excluding hydrogens is 298 g/mol. The Hall–Kier alpha value is -3.14. The van der Waals surface area contributed by atoms with Gasteiger partial charge in [0.05, 0.1) is 5.56 Å². The Kier molecular flexibility index (Phi) is 4.57. The number of para-hydroxylation sites is 1. The van der Waals surface area contributed by atoms with E-state index in [4.69, 9.17) is 0 Å². The first-order valence-corrected chi connectivity index (χ1v) is 7.79. The molecule has 120 valence electrons. The first-order chi connectivity index (χ1) is 11.6. The average Bonchev–Trinajstić information content (AvgIpc) is 2.59. The van der Waals surface area contributed by atoms with Crippen molar-refractivity contribution in [2.24, 2.45) is 0 Å². The van der Waals surface area contributed by atoms with Crippen LogP contribution in [0.15, 0.2) is 66.9 Å². The zero-order valence-electron chi connectivity index (χ0n) is 13.7. The van der Waals surface area contributed by atoms with E-state index in [1.54, 1.807) is 18.3 Å². The molecule has 4 nitrogen and oxygen atoms in total. The lowest BCUT2D eigenvalue weighted by Gasteiger charge is -2.12. The first kappa shape index (κ1) is 15.7. The van der Waals surface area contributed by atoms with Crippen molar-refractivity contribution >= 4 is 23.1 Å². The summed E-state index contributed by atoms with van der Waals surface area (Å²) >= 11 is 0. The predicted octanol–water partition coefficient (Wildman–Crippen LogP) is 4.69. The third-order valence-electron chi connectivity index (χ3n) is 3.76. The number of nitrogens with zero attached hydrogens (tertiary/aromatic N) is 1. The lowest BCUT2D eigenvalue weighted by Crippen LogP contribution is -2.15. The van der Waals surface area contributed by atoms with Crippen molar-refractivity contribution in [3.8, 4) is 0 Å². The van der Waals surface area contributed by atoms with Crippen LogP contribution in [0.5, 0.6) is 0 Å². The lowest BCUT2D eigenvalue weighted by atomic mass is 10.1. The van der Waals surface area contributed by atoms with Gasteiger partial charge in [0, 0.05) is 17.6 Å². The first-order valence-electron chi connectivity index (χ1n) is 7.79. The zero-order valence-corrected chi connectivity index (χ0v) is 13.7. The number of hydrogen-bond donors (Lipinski definition) is 2. The van der Waals surface area contributed by atoms with Crippen LogP contribution in [0.3, 0.4) is 0 Å². The fourth-order valence-electron chi connectivity index (χ4n) is 2.36. The molecule has 3 aromatic rings. The highest BCUT2D eigenvalue weighted by molar-refractivity contribution is 6.08. The van der Waals surface area contributed by atoms with Gasteiger partial charge >= 0.3 is 0 Å². The summed E-state index contributed by atoms with van der Waals surface area (Å²) in [4.78, 5) is 16.9. The van der Waals surface area contributed by atoms with Gasteiger partial charge in [-0.2, -0.15) is 0 Å². The Bertz CT molecular complexity index is 857. The zero-order chi connectivity index (χ0) is 16.9. The number of aromatic nitrogens is 1. The van der Waals surface area contributed by atoms with E-state index in [1.165, 1.54) is 5.56 Å². The maximum absolute atomic E-state index is 12.6. The average molecular weight is 317 g/mol. The van der Waals surface area contributed by atoms with Crippen molar-refractivity contribution in [1.29, 1.82) is 0 Å². The minimum absolute atomic E-state index is 0.188.